The zero-order valence-corrected chi connectivity index (χ0v) is 13.6. The summed E-state index contributed by atoms with van der Waals surface area (Å²) in [5, 5.41) is 0. The first kappa shape index (κ1) is 16.0. The van der Waals surface area contributed by atoms with Crippen LogP contribution in [0.1, 0.15) is 17.3 Å². The maximum absolute atomic E-state index is 12.6. The Bertz CT molecular complexity index is 758. The van der Waals surface area contributed by atoms with Crippen molar-refractivity contribution in [1.29, 1.82) is 0 Å². The van der Waals surface area contributed by atoms with E-state index < -0.39 is 0 Å². The molecule has 2 N–H and O–H groups in total. The molecular formula is C18H20N4O2. The number of carbonyl (C=O) groups excluding carboxylic acids is 2. The second kappa shape index (κ2) is 6.70. The summed E-state index contributed by atoms with van der Waals surface area (Å²) in [4.78, 5) is 32.1. The van der Waals surface area contributed by atoms with E-state index >= 15 is 0 Å². The predicted molar refractivity (Wildman–Crippen MR) is 92.2 cm³/mol. The van der Waals surface area contributed by atoms with Crippen LogP contribution in [-0.4, -0.2) is 52.8 Å². The fraction of sp³-hybridized carbons (Fsp3) is 0.278. The molecule has 1 aliphatic heterocycles. The van der Waals surface area contributed by atoms with Crippen molar-refractivity contribution >= 4 is 17.6 Å². The third kappa shape index (κ3) is 3.22. The minimum atomic E-state index is -0.119. The number of nitrogens with two attached hydrogens (primary N) is 1. The fourth-order valence-electron chi connectivity index (χ4n) is 2.79. The van der Waals surface area contributed by atoms with E-state index in [2.05, 4.69) is 4.98 Å². The van der Waals surface area contributed by atoms with Gasteiger partial charge in [-0.3, -0.25) is 9.59 Å². The van der Waals surface area contributed by atoms with E-state index in [1.165, 1.54) is 0 Å². The Balaban J connectivity index is 1.74. The van der Waals surface area contributed by atoms with Crippen LogP contribution < -0.4 is 5.73 Å². The van der Waals surface area contributed by atoms with Crippen LogP contribution in [0, 0.1) is 0 Å². The Kier molecular flexibility index (Phi) is 4.46. The van der Waals surface area contributed by atoms with Crippen LogP contribution in [0.15, 0.2) is 42.5 Å². The lowest BCUT2D eigenvalue weighted by Crippen LogP contribution is -2.52. The van der Waals surface area contributed by atoms with Crippen molar-refractivity contribution in [1.82, 2.24) is 14.8 Å². The number of nitrogens with zero attached hydrogens (tertiary/aromatic N) is 3. The van der Waals surface area contributed by atoms with Gasteiger partial charge in [-0.25, -0.2) is 4.98 Å². The van der Waals surface area contributed by atoms with Gasteiger partial charge >= 0.3 is 0 Å². The second-order valence-electron chi connectivity index (χ2n) is 5.73. The van der Waals surface area contributed by atoms with Gasteiger partial charge < -0.3 is 15.5 Å². The summed E-state index contributed by atoms with van der Waals surface area (Å²) in [6.45, 7) is 3.93. The number of anilines is 1. The van der Waals surface area contributed by atoms with Crippen LogP contribution >= 0.6 is 0 Å². The predicted octanol–water partition coefficient (Wildman–Crippen LogP) is 1.64. The average molecular weight is 324 g/mol. The van der Waals surface area contributed by atoms with Gasteiger partial charge in [0.25, 0.3) is 5.91 Å². The number of hydrogen-bond acceptors (Lipinski definition) is 4. The van der Waals surface area contributed by atoms with E-state index in [9.17, 15) is 9.59 Å². The number of hydrogen-bond donors (Lipinski definition) is 1. The summed E-state index contributed by atoms with van der Waals surface area (Å²) in [5.74, 6) is 0.337. The third-order valence-corrected chi connectivity index (χ3v) is 4.19. The average Bonchev–Trinajstić information content (AvgIpc) is 2.61. The highest BCUT2D eigenvalue weighted by Crippen LogP contribution is 2.19. The molecule has 2 aromatic rings. The number of carbonyl (C=O) groups is 2. The molecule has 2 amide bonds. The molecule has 3 rings (SSSR count). The van der Waals surface area contributed by atoms with Gasteiger partial charge in [0, 0.05) is 30.8 Å². The topological polar surface area (TPSA) is 79.5 Å². The Morgan fingerprint density at radius 2 is 1.92 bits per heavy atom. The number of amides is 2. The maximum atomic E-state index is 12.6. The first-order valence-corrected chi connectivity index (χ1v) is 7.98. The van der Waals surface area contributed by atoms with Crippen molar-refractivity contribution in [3.63, 3.8) is 0 Å². The molecule has 1 fully saturated rings. The van der Waals surface area contributed by atoms with Gasteiger partial charge in [-0.1, -0.05) is 18.2 Å². The summed E-state index contributed by atoms with van der Waals surface area (Å²) >= 11 is 0. The largest absolute Gasteiger partial charge is 0.384 e. The molecule has 0 radical (unpaired) electrons. The van der Waals surface area contributed by atoms with Crippen molar-refractivity contribution in [2.75, 3.05) is 31.9 Å². The van der Waals surface area contributed by atoms with Gasteiger partial charge in [-0.2, -0.15) is 0 Å². The standard InChI is InChI=1S/C18H20N4O2/c1-2-21-10-11-22(12-17(21)23)18(24)14-8-6-13(7-9-14)15-4-3-5-16(19)20-15/h3-9H,2,10-12H2,1H3,(H2,19,20). The lowest BCUT2D eigenvalue weighted by atomic mass is 10.1. The summed E-state index contributed by atoms with van der Waals surface area (Å²) in [5.41, 5.74) is 7.93. The molecule has 1 aliphatic rings. The van der Waals surface area contributed by atoms with Gasteiger partial charge in [0.05, 0.1) is 5.69 Å². The van der Waals surface area contributed by atoms with Gasteiger partial charge in [0.15, 0.2) is 0 Å². The normalized spacial score (nSPS) is 14.8. The first-order valence-electron chi connectivity index (χ1n) is 7.98. The molecule has 0 bridgehead atoms. The number of piperazine rings is 1. The SMILES string of the molecule is CCN1CCN(C(=O)c2ccc(-c3cccc(N)n3)cc2)CC1=O. The molecule has 1 aromatic heterocycles. The second-order valence-corrected chi connectivity index (χ2v) is 5.73. The van der Waals surface area contributed by atoms with Gasteiger partial charge in [0.2, 0.25) is 5.91 Å². The van der Waals surface area contributed by atoms with Crippen LogP contribution in [0.5, 0.6) is 0 Å². The minimum absolute atomic E-state index is 0.00215. The smallest absolute Gasteiger partial charge is 0.254 e. The van der Waals surface area contributed by atoms with Crippen LogP contribution in [0.4, 0.5) is 5.82 Å². The highest BCUT2D eigenvalue weighted by atomic mass is 16.2. The number of aromatic nitrogens is 1. The summed E-state index contributed by atoms with van der Waals surface area (Å²) < 4.78 is 0. The van der Waals surface area contributed by atoms with E-state index in [4.69, 9.17) is 5.73 Å². The van der Waals surface area contributed by atoms with Crippen LogP contribution in [-0.2, 0) is 4.79 Å². The van der Waals surface area contributed by atoms with Gasteiger partial charge in [0.1, 0.15) is 12.4 Å². The molecular weight excluding hydrogens is 304 g/mol. The van der Waals surface area contributed by atoms with Crippen molar-refractivity contribution in [3.05, 3.63) is 48.0 Å². The molecule has 124 valence electrons. The molecule has 0 aliphatic carbocycles. The molecule has 0 saturated carbocycles. The Hall–Kier alpha value is -2.89. The molecule has 0 unspecified atom stereocenters. The molecule has 0 spiro atoms. The zero-order valence-electron chi connectivity index (χ0n) is 13.6. The van der Waals surface area contributed by atoms with E-state index in [0.29, 0.717) is 31.0 Å². The Morgan fingerprint density at radius 3 is 2.54 bits per heavy atom. The molecule has 1 aromatic carbocycles. The lowest BCUT2D eigenvalue weighted by Gasteiger charge is -2.33. The van der Waals surface area contributed by atoms with Crippen molar-refractivity contribution in [3.8, 4) is 11.3 Å². The Labute approximate surface area is 140 Å². The van der Waals surface area contributed by atoms with Crippen molar-refractivity contribution in [2.45, 2.75) is 6.92 Å². The first-order chi connectivity index (χ1) is 11.6. The molecule has 6 nitrogen and oxygen atoms in total. The third-order valence-electron chi connectivity index (χ3n) is 4.19. The minimum Gasteiger partial charge on any atom is -0.384 e. The molecule has 24 heavy (non-hydrogen) atoms. The highest BCUT2D eigenvalue weighted by molar-refractivity contribution is 5.97. The van der Waals surface area contributed by atoms with Crippen molar-refractivity contribution in [2.24, 2.45) is 0 Å². The summed E-state index contributed by atoms with van der Waals surface area (Å²) in [6.07, 6.45) is 0. The molecule has 6 heteroatoms. The summed E-state index contributed by atoms with van der Waals surface area (Å²) in [6, 6.07) is 12.7. The number of pyridine rings is 1. The molecule has 1 saturated heterocycles. The molecule has 0 atom stereocenters. The summed E-state index contributed by atoms with van der Waals surface area (Å²) in [7, 11) is 0. The number of likely N-dealkylation sites (N-methyl/N-ethyl adjacent to an activating group) is 1. The van der Waals surface area contributed by atoms with Gasteiger partial charge in [-0.05, 0) is 31.2 Å². The highest BCUT2D eigenvalue weighted by Gasteiger charge is 2.26. The Morgan fingerprint density at radius 1 is 1.17 bits per heavy atom. The van der Waals surface area contributed by atoms with Crippen LogP contribution in [0.25, 0.3) is 11.3 Å². The van der Waals surface area contributed by atoms with Gasteiger partial charge in [-0.15, -0.1) is 0 Å². The van der Waals surface area contributed by atoms with E-state index in [1.807, 2.05) is 31.2 Å². The zero-order chi connectivity index (χ0) is 17.1. The van der Waals surface area contributed by atoms with E-state index in [-0.39, 0.29) is 18.4 Å². The number of rotatable bonds is 3. The van der Waals surface area contributed by atoms with Crippen molar-refractivity contribution < 1.29 is 9.59 Å². The maximum Gasteiger partial charge on any atom is 0.254 e. The quantitative estimate of drug-likeness (QED) is 0.931. The lowest BCUT2D eigenvalue weighted by molar-refractivity contribution is -0.134. The number of benzene rings is 1. The fourth-order valence-corrected chi connectivity index (χ4v) is 2.79. The number of nitrogen functional groups attached to an aromatic ring is 1. The monoisotopic (exact) mass is 324 g/mol. The van der Waals surface area contributed by atoms with E-state index in [0.717, 1.165) is 11.3 Å². The van der Waals surface area contributed by atoms with Crippen LogP contribution in [0.3, 0.4) is 0 Å². The van der Waals surface area contributed by atoms with E-state index in [1.54, 1.807) is 28.0 Å². The van der Waals surface area contributed by atoms with Crippen LogP contribution in [0.2, 0.25) is 0 Å². The molecule has 2 heterocycles.